The van der Waals surface area contributed by atoms with Crippen LogP contribution in [0, 0.1) is 0 Å². The van der Waals surface area contributed by atoms with Crippen LogP contribution in [-0.4, -0.2) is 33.3 Å². The third-order valence-corrected chi connectivity index (χ3v) is 7.16. The number of azo groups is 2. The molecule has 0 fully saturated rings. The molecule has 0 amide bonds. The van der Waals surface area contributed by atoms with Crippen molar-refractivity contribution in [3.8, 4) is 11.5 Å². The second kappa shape index (κ2) is 16.8. The third kappa shape index (κ3) is 9.80. The number of aromatic hydroxyl groups is 2. The Bertz CT molecular complexity index is 1910. The van der Waals surface area contributed by atoms with E-state index in [1.807, 2.05) is 49.1 Å². The number of hydrogen-bond donors (Lipinski definition) is 2. The summed E-state index contributed by atoms with van der Waals surface area (Å²) < 4.78 is 37.7. The summed E-state index contributed by atoms with van der Waals surface area (Å²) in [5, 5.41) is 37.8. The fourth-order valence-corrected chi connectivity index (χ4v) is 4.69. The van der Waals surface area contributed by atoms with Crippen molar-refractivity contribution in [2.45, 2.75) is 20.0 Å². The van der Waals surface area contributed by atoms with Gasteiger partial charge >= 0.3 is 6.18 Å². The molecule has 2 N–H and O–H groups in total. The van der Waals surface area contributed by atoms with Gasteiger partial charge in [0.2, 0.25) is 0 Å². The van der Waals surface area contributed by atoms with Gasteiger partial charge in [0, 0.05) is 62.1 Å². The second-order valence-electron chi connectivity index (χ2n) is 9.39. The summed E-state index contributed by atoms with van der Waals surface area (Å²) in [4.78, 5) is 9.59. The van der Waals surface area contributed by atoms with Gasteiger partial charge in [-0.2, -0.15) is 13.2 Å². The molecule has 0 saturated carbocycles. The van der Waals surface area contributed by atoms with Crippen LogP contribution in [0.25, 0.3) is 10.8 Å². The minimum atomic E-state index is -4.54. The average molecular weight is 756 g/mol. The van der Waals surface area contributed by atoms with Gasteiger partial charge in [0.1, 0.15) is 22.9 Å². The first-order valence-electron chi connectivity index (χ1n) is 13.6. The van der Waals surface area contributed by atoms with Gasteiger partial charge in [-0.1, -0.05) is 65.1 Å². The summed E-state index contributed by atoms with van der Waals surface area (Å²) in [5.41, 5.74) is 0.393. The summed E-state index contributed by atoms with van der Waals surface area (Å²) in [6.07, 6.45) is -2.47. The summed E-state index contributed by atoms with van der Waals surface area (Å²) in [7, 11) is 0. The summed E-state index contributed by atoms with van der Waals surface area (Å²) in [5.74, 6) is 0.0222. The van der Waals surface area contributed by atoms with Crippen LogP contribution in [0.4, 0.5) is 41.9 Å². The van der Waals surface area contributed by atoms with Crippen LogP contribution >= 0.6 is 34.8 Å². The largest absolute Gasteiger partial charge is 0.506 e. The van der Waals surface area contributed by atoms with E-state index >= 15 is 0 Å². The van der Waals surface area contributed by atoms with Gasteiger partial charge < -0.3 is 15.1 Å². The monoisotopic (exact) mass is 753 g/mol. The second-order valence-corrected chi connectivity index (χ2v) is 10.6. The van der Waals surface area contributed by atoms with Crippen LogP contribution in [0.2, 0.25) is 15.1 Å². The van der Waals surface area contributed by atoms with E-state index in [0.717, 1.165) is 35.6 Å². The van der Waals surface area contributed by atoms with Gasteiger partial charge in [0.25, 0.3) is 0 Å². The Morgan fingerprint density at radius 1 is 0.745 bits per heavy atom. The molecule has 0 atom stereocenters. The number of hydrogen-bond acceptors (Lipinski definition) is 9. The minimum Gasteiger partial charge on any atom is -0.506 e. The topological polar surface area (TPSA) is 119 Å². The molecule has 0 aliphatic heterocycles. The van der Waals surface area contributed by atoms with Crippen LogP contribution in [0.5, 0.6) is 11.5 Å². The number of fused-ring (bicyclic) bond motifs is 1. The number of halogens is 6. The van der Waals surface area contributed by atoms with Crippen molar-refractivity contribution >= 4 is 74.3 Å². The molecule has 3 aromatic carbocycles. The van der Waals surface area contributed by atoms with Gasteiger partial charge in [-0.3, -0.25) is 0 Å². The molecule has 0 bridgehead atoms. The number of alkyl halides is 3. The quantitative estimate of drug-likeness (QED) is 0.127. The Morgan fingerprint density at radius 2 is 1.38 bits per heavy atom. The van der Waals surface area contributed by atoms with E-state index in [9.17, 15) is 23.4 Å². The third-order valence-electron chi connectivity index (χ3n) is 6.40. The summed E-state index contributed by atoms with van der Waals surface area (Å²) in [6.45, 7) is 5.54. The Morgan fingerprint density at radius 3 is 2.00 bits per heavy atom. The van der Waals surface area contributed by atoms with Crippen molar-refractivity contribution in [2.24, 2.45) is 20.5 Å². The number of nitrogens with zero attached hydrogens (tertiary/aromatic N) is 7. The van der Waals surface area contributed by atoms with Crippen molar-refractivity contribution in [3.05, 3.63) is 99.8 Å². The van der Waals surface area contributed by atoms with E-state index in [4.69, 9.17) is 34.8 Å². The van der Waals surface area contributed by atoms with E-state index in [0.29, 0.717) is 21.9 Å². The van der Waals surface area contributed by atoms with Crippen LogP contribution in [0.1, 0.15) is 19.4 Å². The molecule has 0 spiro atoms. The number of phenols is 2. The first-order valence-corrected chi connectivity index (χ1v) is 14.7. The number of rotatable bonds is 7. The molecular formula is C31H25Cl3F3N7O2Zn. The van der Waals surface area contributed by atoms with Gasteiger partial charge in [0.05, 0.1) is 20.6 Å². The Kier molecular flexibility index (Phi) is 13.4. The van der Waals surface area contributed by atoms with Crippen molar-refractivity contribution in [3.63, 3.8) is 0 Å². The van der Waals surface area contributed by atoms with Crippen LogP contribution < -0.4 is 4.90 Å². The van der Waals surface area contributed by atoms with E-state index < -0.39 is 11.7 Å². The molecular weight excluding hydrogens is 731 g/mol. The maximum Gasteiger partial charge on any atom is 0.417 e. The normalized spacial score (nSPS) is 11.4. The van der Waals surface area contributed by atoms with E-state index in [2.05, 4.69) is 30.4 Å². The van der Waals surface area contributed by atoms with Crippen molar-refractivity contribution in [2.75, 3.05) is 18.0 Å². The Labute approximate surface area is 295 Å². The number of pyridine rings is 2. The van der Waals surface area contributed by atoms with E-state index in [-0.39, 0.29) is 53.3 Å². The van der Waals surface area contributed by atoms with Crippen LogP contribution in [0.15, 0.2) is 99.6 Å². The smallest absolute Gasteiger partial charge is 0.417 e. The maximum atomic E-state index is 12.6. The molecule has 2 aromatic heterocycles. The predicted molar refractivity (Wildman–Crippen MR) is 174 cm³/mol. The SMILES string of the molecule is CCN(CC)c1ccc(N=Nc2ncc(C(F)(F)F)cc2Cl)c(O)c1.Oc1ccc2ccccc2c1N=Nc1ncc(Cl)cc1Cl.[Zn]. The van der Waals surface area contributed by atoms with Gasteiger partial charge in [-0.25, -0.2) is 9.97 Å². The van der Waals surface area contributed by atoms with Gasteiger partial charge in [-0.15, -0.1) is 20.5 Å². The standard InChI is InChI=1S/C16H16ClF3N4O.C15H9Cl2N3O.Zn/c1-3-24(4-2)11-5-6-13(14(25)8-11)22-23-15-12(17)7-10(9-21-15)16(18,19)20;16-10-7-12(17)15(18-8-10)20-19-14-11-4-2-1-3-9(11)5-6-13(14)21;/h5-9,25H,3-4H2,1-2H3;1-8,21H;. The average Bonchev–Trinajstić information content (AvgIpc) is 3.02. The molecule has 0 saturated heterocycles. The number of aromatic nitrogens is 2. The zero-order valence-electron chi connectivity index (χ0n) is 24.9. The first-order chi connectivity index (χ1) is 21.9. The molecule has 240 valence electrons. The van der Waals surface area contributed by atoms with Crippen molar-refractivity contribution in [1.82, 2.24) is 9.97 Å². The van der Waals surface area contributed by atoms with E-state index in [1.54, 1.807) is 24.3 Å². The van der Waals surface area contributed by atoms with Gasteiger partial charge in [-0.05, 0) is 49.6 Å². The molecule has 0 aliphatic carbocycles. The number of phenolic OH excluding ortho intramolecular Hbond substituents is 2. The molecule has 0 radical (unpaired) electrons. The summed E-state index contributed by atoms with van der Waals surface area (Å²) in [6, 6.07) is 18.1. The predicted octanol–water partition coefficient (Wildman–Crippen LogP) is 11.4. The number of benzene rings is 3. The molecule has 5 aromatic rings. The molecule has 5 rings (SSSR count). The molecule has 9 nitrogen and oxygen atoms in total. The zero-order valence-corrected chi connectivity index (χ0v) is 30.2. The fraction of sp³-hybridized carbons (Fsp3) is 0.161. The summed E-state index contributed by atoms with van der Waals surface area (Å²) >= 11 is 17.5. The minimum absolute atomic E-state index is 0. The van der Waals surface area contributed by atoms with Crippen LogP contribution in [-0.2, 0) is 25.7 Å². The Hall–Kier alpha value is -3.90. The molecule has 16 heteroatoms. The molecule has 47 heavy (non-hydrogen) atoms. The first kappa shape index (κ1) is 37.6. The van der Waals surface area contributed by atoms with E-state index in [1.165, 1.54) is 12.3 Å². The molecule has 0 unspecified atom stereocenters. The zero-order chi connectivity index (χ0) is 33.4. The molecule has 0 aliphatic rings. The fourth-order valence-electron chi connectivity index (χ4n) is 4.07. The number of anilines is 1. The maximum absolute atomic E-state index is 12.6. The van der Waals surface area contributed by atoms with Crippen molar-refractivity contribution in [1.29, 1.82) is 0 Å². The van der Waals surface area contributed by atoms with Crippen molar-refractivity contribution < 1.29 is 42.9 Å². The Balaban J connectivity index is 0.000000253. The van der Waals surface area contributed by atoms with Crippen LogP contribution in [0.3, 0.4) is 0 Å². The molecule has 2 heterocycles. The van der Waals surface area contributed by atoms with Gasteiger partial charge in [0.15, 0.2) is 11.6 Å².